The zero-order valence-electron chi connectivity index (χ0n) is 14.7. The molecule has 0 aliphatic rings. The van der Waals surface area contributed by atoms with Crippen LogP contribution in [0.1, 0.15) is 31.0 Å². The molecule has 0 radical (unpaired) electrons. The maximum absolute atomic E-state index is 12.0. The lowest BCUT2D eigenvalue weighted by atomic mass is 10.1. The van der Waals surface area contributed by atoms with Crippen molar-refractivity contribution in [3.8, 4) is 5.75 Å². The molecule has 0 spiro atoms. The fourth-order valence-corrected chi connectivity index (χ4v) is 2.46. The van der Waals surface area contributed by atoms with Crippen LogP contribution in [0.15, 0.2) is 54.6 Å². The Hall–Kier alpha value is -2.53. The molecule has 0 aliphatic carbocycles. The lowest BCUT2D eigenvalue weighted by Gasteiger charge is -2.17. The van der Waals surface area contributed by atoms with Crippen LogP contribution < -0.4 is 15.4 Å². The predicted octanol–water partition coefficient (Wildman–Crippen LogP) is 3.05. The molecule has 0 aliphatic heterocycles. The van der Waals surface area contributed by atoms with Gasteiger partial charge in [-0.25, -0.2) is 4.79 Å². The molecular formula is C20H26N2O3. The van der Waals surface area contributed by atoms with Gasteiger partial charge in [-0.15, -0.1) is 0 Å². The highest BCUT2D eigenvalue weighted by Gasteiger charge is 2.12. The average Bonchev–Trinajstić information content (AvgIpc) is 2.61. The summed E-state index contributed by atoms with van der Waals surface area (Å²) in [5.74, 6) is 0.845. The molecule has 0 aromatic heterocycles. The van der Waals surface area contributed by atoms with E-state index in [9.17, 15) is 9.90 Å². The number of rotatable bonds is 8. The Morgan fingerprint density at radius 1 is 1.08 bits per heavy atom. The number of carbonyl (C=O) groups excluding carboxylic acids is 1. The molecule has 0 saturated heterocycles. The highest BCUT2D eigenvalue weighted by molar-refractivity contribution is 5.74. The van der Waals surface area contributed by atoms with Gasteiger partial charge in [-0.05, 0) is 43.5 Å². The summed E-state index contributed by atoms with van der Waals surface area (Å²) in [6, 6.07) is 16.6. The molecule has 2 amide bonds. The molecule has 0 saturated carbocycles. The smallest absolute Gasteiger partial charge is 0.315 e. The van der Waals surface area contributed by atoms with Gasteiger partial charge in [-0.1, -0.05) is 42.5 Å². The molecule has 5 heteroatoms. The van der Waals surface area contributed by atoms with E-state index in [2.05, 4.69) is 10.6 Å². The number of carbonyl (C=O) groups is 1. The van der Waals surface area contributed by atoms with Gasteiger partial charge in [0.25, 0.3) is 0 Å². The number of benzene rings is 2. The molecule has 0 heterocycles. The number of hydrogen-bond donors (Lipinski definition) is 3. The first-order valence-electron chi connectivity index (χ1n) is 8.54. The van der Waals surface area contributed by atoms with Crippen molar-refractivity contribution in [1.29, 1.82) is 0 Å². The zero-order valence-corrected chi connectivity index (χ0v) is 14.7. The van der Waals surface area contributed by atoms with Crippen LogP contribution in [0.4, 0.5) is 4.79 Å². The van der Waals surface area contributed by atoms with E-state index < -0.39 is 6.04 Å². The second kappa shape index (κ2) is 9.69. The van der Waals surface area contributed by atoms with E-state index in [1.54, 1.807) is 0 Å². The predicted molar refractivity (Wildman–Crippen MR) is 98.7 cm³/mol. The second-order valence-corrected chi connectivity index (χ2v) is 6.11. The lowest BCUT2D eigenvalue weighted by molar-refractivity contribution is 0.217. The quantitative estimate of drug-likeness (QED) is 0.690. The second-order valence-electron chi connectivity index (χ2n) is 6.11. The minimum atomic E-state index is -0.409. The molecule has 1 atom stereocenters. The Morgan fingerprint density at radius 3 is 2.36 bits per heavy atom. The third-order valence-electron chi connectivity index (χ3n) is 3.68. The number of amides is 2. The molecule has 25 heavy (non-hydrogen) atoms. The van der Waals surface area contributed by atoms with Crippen LogP contribution in [0.3, 0.4) is 0 Å². The first kappa shape index (κ1) is 18.8. The Morgan fingerprint density at radius 2 is 1.76 bits per heavy atom. The third-order valence-corrected chi connectivity index (χ3v) is 3.68. The Balaban J connectivity index is 1.76. The Labute approximate surface area is 149 Å². The van der Waals surface area contributed by atoms with Crippen LogP contribution in [-0.4, -0.2) is 30.4 Å². The van der Waals surface area contributed by atoms with E-state index in [1.165, 1.54) is 0 Å². The molecule has 0 bridgehead atoms. The van der Waals surface area contributed by atoms with Crippen LogP contribution >= 0.6 is 0 Å². The van der Waals surface area contributed by atoms with Crippen LogP contribution in [-0.2, 0) is 6.42 Å². The largest absolute Gasteiger partial charge is 0.491 e. The minimum absolute atomic E-state index is 0.144. The first-order chi connectivity index (χ1) is 12.1. The number of urea groups is 1. The molecule has 0 fully saturated rings. The van der Waals surface area contributed by atoms with Gasteiger partial charge in [-0.2, -0.15) is 0 Å². The van der Waals surface area contributed by atoms with Crippen LogP contribution in [0.25, 0.3) is 0 Å². The van der Waals surface area contributed by atoms with E-state index in [-0.39, 0.29) is 18.7 Å². The Bertz CT molecular complexity index is 642. The maximum atomic E-state index is 12.0. The van der Waals surface area contributed by atoms with Crippen molar-refractivity contribution in [1.82, 2.24) is 10.6 Å². The van der Waals surface area contributed by atoms with Gasteiger partial charge in [0, 0.05) is 6.54 Å². The van der Waals surface area contributed by atoms with Crippen molar-refractivity contribution in [2.75, 3.05) is 13.2 Å². The first-order valence-corrected chi connectivity index (χ1v) is 8.54. The summed E-state index contributed by atoms with van der Waals surface area (Å²) in [5, 5.41) is 15.1. The minimum Gasteiger partial charge on any atom is -0.491 e. The normalized spacial score (nSPS) is 11.8. The number of nitrogens with one attached hydrogen (secondary N) is 2. The summed E-state index contributed by atoms with van der Waals surface area (Å²) in [4.78, 5) is 12.0. The fraction of sp³-hybridized carbons (Fsp3) is 0.350. The maximum Gasteiger partial charge on any atom is 0.315 e. The van der Waals surface area contributed by atoms with Crippen molar-refractivity contribution >= 4 is 6.03 Å². The van der Waals surface area contributed by atoms with Gasteiger partial charge in [0.15, 0.2) is 0 Å². The summed E-state index contributed by atoms with van der Waals surface area (Å²) in [5.41, 5.74) is 2.00. The summed E-state index contributed by atoms with van der Waals surface area (Å²) < 4.78 is 5.61. The van der Waals surface area contributed by atoms with E-state index in [4.69, 9.17) is 4.74 Å². The van der Waals surface area contributed by atoms with Crippen molar-refractivity contribution in [3.05, 3.63) is 65.7 Å². The topological polar surface area (TPSA) is 70.6 Å². The van der Waals surface area contributed by atoms with Gasteiger partial charge in [-0.3, -0.25) is 0 Å². The fourth-order valence-electron chi connectivity index (χ4n) is 2.46. The summed E-state index contributed by atoms with van der Waals surface area (Å²) >= 11 is 0. The van der Waals surface area contributed by atoms with E-state index in [0.717, 1.165) is 23.3 Å². The van der Waals surface area contributed by atoms with Gasteiger partial charge in [0.2, 0.25) is 0 Å². The molecule has 2 aromatic carbocycles. The van der Waals surface area contributed by atoms with Crippen LogP contribution in [0.5, 0.6) is 5.75 Å². The van der Waals surface area contributed by atoms with Crippen molar-refractivity contribution in [3.63, 3.8) is 0 Å². The highest BCUT2D eigenvalue weighted by atomic mass is 16.5. The van der Waals surface area contributed by atoms with Crippen molar-refractivity contribution in [2.24, 2.45) is 0 Å². The lowest BCUT2D eigenvalue weighted by Crippen LogP contribution is -2.40. The molecular weight excluding hydrogens is 316 g/mol. The van der Waals surface area contributed by atoms with Crippen LogP contribution in [0.2, 0.25) is 0 Å². The van der Waals surface area contributed by atoms with E-state index in [0.29, 0.717) is 6.54 Å². The average molecular weight is 342 g/mol. The van der Waals surface area contributed by atoms with E-state index in [1.807, 2.05) is 68.4 Å². The van der Waals surface area contributed by atoms with Gasteiger partial charge in [0.1, 0.15) is 5.75 Å². The molecule has 5 nitrogen and oxygen atoms in total. The molecule has 2 aromatic rings. The summed E-state index contributed by atoms with van der Waals surface area (Å²) in [7, 11) is 0. The molecule has 3 N–H and O–H groups in total. The van der Waals surface area contributed by atoms with Gasteiger partial charge >= 0.3 is 6.03 Å². The molecule has 134 valence electrons. The number of aliphatic hydroxyl groups excluding tert-OH is 1. The SMILES string of the molecule is CC(C)Oc1ccc(CCNC(=O)NC(CO)c2ccccc2)cc1. The molecule has 2 rings (SSSR count). The number of aliphatic hydroxyl groups is 1. The van der Waals surface area contributed by atoms with Gasteiger partial charge in [0.05, 0.1) is 18.8 Å². The number of ether oxygens (including phenoxy) is 1. The highest BCUT2D eigenvalue weighted by Crippen LogP contribution is 2.14. The van der Waals surface area contributed by atoms with E-state index >= 15 is 0 Å². The summed E-state index contributed by atoms with van der Waals surface area (Å²) in [6.07, 6.45) is 0.880. The Kier molecular flexibility index (Phi) is 7.29. The van der Waals surface area contributed by atoms with Crippen LogP contribution in [0, 0.1) is 0 Å². The molecule has 1 unspecified atom stereocenters. The third kappa shape index (κ3) is 6.47. The zero-order chi connectivity index (χ0) is 18.1. The van der Waals surface area contributed by atoms with Crippen molar-refractivity contribution < 1.29 is 14.6 Å². The monoisotopic (exact) mass is 342 g/mol. The number of hydrogen-bond acceptors (Lipinski definition) is 3. The standard InChI is InChI=1S/C20H26N2O3/c1-15(2)25-18-10-8-16(9-11-18)12-13-21-20(24)22-19(14-23)17-6-4-3-5-7-17/h3-11,15,19,23H,12-14H2,1-2H3,(H2,21,22,24). The van der Waals surface area contributed by atoms with Crippen molar-refractivity contribution in [2.45, 2.75) is 32.4 Å². The van der Waals surface area contributed by atoms with Gasteiger partial charge < -0.3 is 20.5 Å². The summed E-state index contributed by atoms with van der Waals surface area (Å²) in [6.45, 7) is 4.36.